The Morgan fingerprint density at radius 1 is 0.357 bits per heavy atom. The molecule has 0 unspecified atom stereocenters. The zero-order valence-corrected chi connectivity index (χ0v) is 12.5. The van der Waals surface area contributed by atoms with E-state index in [1.54, 1.807) is 0 Å². The summed E-state index contributed by atoms with van der Waals surface area (Å²) in [4.78, 5) is 0. The van der Waals surface area contributed by atoms with Crippen LogP contribution in [0.25, 0.3) is 0 Å². The first kappa shape index (κ1) is 390. The number of halogens is 10. The Hall–Kier alpha value is 3.49. The molecule has 14 heavy (non-hydrogen) atoms. The second-order valence-corrected chi connectivity index (χ2v) is 0. The van der Waals surface area contributed by atoms with Crippen molar-refractivity contribution in [2.24, 2.45) is 0 Å². The molecule has 0 radical (unpaired) electrons. The third kappa shape index (κ3) is 267. The quantitative estimate of drug-likeness (QED) is 0.187. The first-order valence-electron chi connectivity index (χ1n) is 0. The molecule has 0 amide bonds. The molecule has 98 valence electrons. The molecule has 0 aromatic heterocycles. The van der Waals surface area contributed by atoms with Gasteiger partial charge in [-0.15, -0.1) is 0 Å². The van der Waals surface area contributed by atoms with Crippen molar-refractivity contribution in [3.8, 4) is 0 Å². The van der Waals surface area contributed by atoms with Crippen LogP contribution in [0.4, 0.5) is 0 Å². The topological polar surface area (TPSA) is 0 Å². The molecule has 0 bridgehead atoms. The molecule has 0 saturated heterocycles. The van der Waals surface area contributed by atoms with Crippen LogP contribution >= 0.6 is 0 Å². The van der Waals surface area contributed by atoms with Crippen LogP contribution in [0, 0.1) is 74.6 Å². The Morgan fingerprint density at radius 3 is 0.357 bits per heavy atom. The minimum absolute atomic E-state index is 0. The van der Waals surface area contributed by atoms with Gasteiger partial charge < -0.3 is 47.0 Å². The van der Waals surface area contributed by atoms with Crippen LogP contribution in [-0.2, 0) is 32.7 Å². The number of hydrogen-bond donors (Lipinski definition) is 0. The van der Waals surface area contributed by atoms with Crippen molar-refractivity contribution in [1.29, 1.82) is 0 Å². The average Bonchev–Trinajstić information content (AvgIpc) is 0. The molecule has 0 heterocycles. The molecule has 0 fully saturated rings. The molecule has 0 aliphatic carbocycles. The third-order valence-corrected chi connectivity index (χ3v) is 0. The first-order chi connectivity index (χ1) is 0. The van der Waals surface area contributed by atoms with E-state index in [9.17, 15) is 0 Å². The van der Waals surface area contributed by atoms with Crippen molar-refractivity contribution in [2.75, 3.05) is 0 Å². The van der Waals surface area contributed by atoms with Gasteiger partial charge in [-0.05, 0) is 0 Å². The van der Waals surface area contributed by atoms with E-state index in [0.29, 0.717) is 0 Å². The molecular formula is F10HoLiTmY. The van der Waals surface area contributed by atoms with E-state index < -0.39 is 0 Å². The van der Waals surface area contributed by atoms with Crippen LogP contribution in [0.1, 0.15) is 0 Å². The van der Waals surface area contributed by atoms with Crippen molar-refractivity contribution >= 4 is 0 Å². The summed E-state index contributed by atoms with van der Waals surface area (Å²) < 4.78 is 0. The Bertz CT molecular complexity index is 20.1. The van der Waals surface area contributed by atoms with Gasteiger partial charge in [-0.1, -0.05) is 0 Å². The fraction of sp³-hybridized carbons (Fsp3) is 0. The SMILES string of the molecule is [F-].[F-].[F-].[F-].[F-].[F-].[F-].[F-].[F-].[F-].[Ho+3].[Li+].[Tm+3].[Y+3]. The summed E-state index contributed by atoms with van der Waals surface area (Å²) in [5.74, 6) is 0. The van der Waals surface area contributed by atoms with E-state index in [1.807, 2.05) is 0 Å². The van der Waals surface area contributed by atoms with Gasteiger partial charge in [-0.2, -0.15) is 0 Å². The molecule has 0 aliphatic rings. The van der Waals surface area contributed by atoms with Crippen molar-refractivity contribution in [3.63, 3.8) is 0 Å². The molecule has 0 nitrogen and oxygen atoms in total. The van der Waals surface area contributed by atoms with Crippen LogP contribution in [0.5, 0.6) is 0 Å². The predicted octanol–water partition coefficient (Wildman–Crippen LogP) is -33.0. The Labute approximate surface area is 170 Å². The molecule has 14 heteroatoms. The van der Waals surface area contributed by atoms with E-state index in [0.717, 1.165) is 0 Å². The Kier molecular flexibility index (Phi) is 9030. The van der Waals surface area contributed by atoms with Crippen LogP contribution in [-0.4, -0.2) is 0 Å². The maximum Gasteiger partial charge on any atom is 3.00 e. The maximum atomic E-state index is 0. The third-order valence-electron chi connectivity index (χ3n) is 0. The van der Waals surface area contributed by atoms with Gasteiger partial charge in [0.15, 0.2) is 0 Å². The summed E-state index contributed by atoms with van der Waals surface area (Å²) in [5.41, 5.74) is 0. The molecule has 0 N–H and O–H groups in total. The smallest absolute Gasteiger partial charge is 1.00 e. The van der Waals surface area contributed by atoms with E-state index in [1.165, 1.54) is 0 Å². The second-order valence-electron chi connectivity index (χ2n) is 0. The van der Waals surface area contributed by atoms with Gasteiger partial charge in [-0.25, -0.2) is 0 Å². The average molecular weight is 620 g/mol. The van der Waals surface area contributed by atoms with Crippen molar-refractivity contribution in [3.05, 3.63) is 0 Å². The number of hydrogen-bond acceptors (Lipinski definition) is 0. The van der Waals surface area contributed by atoms with Crippen LogP contribution in [0.15, 0.2) is 0 Å². The van der Waals surface area contributed by atoms with Gasteiger partial charge >= 0.3 is 126 Å². The minimum Gasteiger partial charge on any atom is -1.00 e. The van der Waals surface area contributed by atoms with Gasteiger partial charge in [0.1, 0.15) is 0 Å². The van der Waals surface area contributed by atoms with Gasteiger partial charge in [0, 0.05) is 0 Å². The summed E-state index contributed by atoms with van der Waals surface area (Å²) in [5, 5.41) is 0. The summed E-state index contributed by atoms with van der Waals surface area (Å²) in [6.45, 7) is 0. The molecule has 0 aliphatic heterocycles. The van der Waals surface area contributed by atoms with E-state index in [2.05, 4.69) is 0 Å². The molecule has 0 rings (SSSR count). The monoisotopic (exact) mass is 620 g/mol. The normalized spacial score (nSPS) is 0. The van der Waals surface area contributed by atoms with E-state index in [4.69, 9.17) is 0 Å². The summed E-state index contributed by atoms with van der Waals surface area (Å²) >= 11 is 0. The first-order valence-corrected chi connectivity index (χ1v) is 0. The standard InChI is InChI=1S/10FH.Ho.Li.Tm.Y/h10*1H;;;;/q;;;;;;;;;;+3;+1;2*+3/p-10. The number of rotatable bonds is 0. The van der Waals surface area contributed by atoms with E-state index >= 15 is 0 Å². The second kappa shape index (κ2) is 324. The van der Waals surface area contributed by atoms with Crippen LogP contribution < -0.4 is 65.9 Å². The van der Waals surface area contributed by atoms with Gasteiger partial charge in [0.05, 0.1) is 0 Å². The van der Waals surface area contributed by atoms with Crippen molar-refractivity contribution < 1.29 is 173 Å². The van der Waals surface area contributed by atoms with Gasteiger partial charge in [0.2, 0.25) is 0 Å². The Balaban J connectivity index is 0. The van der Waals surface area contributed by atoms with Gasteiger partial charge in [0.25, 0.3) is 0 Å². The Morgan fingerprint density at radius 2 is 0.357 bits per heavy atom. The largest absolute Gasteiger partial charge is 3.00 e. The molecule has 0 spiro atoms. The fourth-order valence-corrected chi connectivity index (χ4v) is 0. The molecule has 0 aromatic carbocycles. The minimum atomic E-state index is 0. The van der Waals surface area contributed by atoms with Gasteiger partial charge in [-0.3, -0.25) is 0 Å². The van der Waals surface area contributed by atoms with Crippen molar-refractivity contribution in [1.82, 2.24) is 0 Å². The van der Waals surface area contributed by atoms with Crippen LogP contribution in [0.2, 0.25) is 0 Å². The molecule has 0 aromatic rings. The molecular weight excluding hydrogens is 620 g/mol. The summed E-state index contributed by atoms with van der Waals surface area (Å²) in [6, 6.07) is 0. The predicted molar refractivity (Wildman–Crippen MR) is 0 cm³/mol. The molecule has 0 atom stereocenters. The summed E-state index contributed by atoms with van der Waals surface area (Å²) in [6.07, 6.45) is 0. The van der Waals surface area contributed by atoms with Crippen molar-refractivity contribution in [2.45, 2.75) is 0 Å². The zero-order valence-electron chi connectivity index (χ0n) is 5.94. The zero-order chi connectivity index (χ0) is 0. The molecule has 0 saturated carbocycles. The fourth-order valence-electron chi connectivity index (χ4n) is 0. The maximum absolute atomic E-state index is 0. The van der Waals surface area contributed by atoms with Crippen LogP contribution in [0.3, 0.4) is 0 Å². The van der Waals surface area contributed by atoms with E-state index in [-0.39, 0.29) is 173 Å². The summed E-state index contributed by atoms with van der Waals surface area (Å²) in [7, 11) is 0.